The van der Waals surface area contributed by atoms with Crippen LogP contribution in [0.25, 0.3) is 0 Å². The summed E-state index contributed by atoms with van der Waals surface area (Å²) in [6.07, 6.45) is 0. The highest BCUT2D eigenvalue weighted by Gasteiger charge is 2.28. The second-order valence-electron chi connectivity index (χ2n) is 4.76. The van der Waals surface area contributed by atoms with Crippen molar-refractivity contribution in [2.24, 2.45) is 0 Å². The van der Waals surface area contributed by atoms with Crippen molar-refractivity contribution in [2.45, 2.75) is 25.7 Å². The zero-order valence-electron chi connectivity index (χ0n) is 13.0. The van der Waals surface area contributed by atoms with Crippen molar-refractivity contribution in [3.8, 4) is 5.75 Å². The van der Waals surface area contributed by atoms with Crippen LogP contribution >= 0.6 is 23.2 Å². The third-order valence-electron chi connectivity index (χ3n) is 3.52. The van der Waals surface area contributed by atoms with Gasteiger partial charge in [-0.05, 0) is 25.2 Å². The van der Waals surface area contributed by atoms with Crippen LogP contribution in [0.2, 0.25) is 10.0 Å². The minimum absolute atomic E-state index is 0.0779. The summed E-state index contributed by atoms with van der Waals surface area (Å²) in [6.45, 7) is 8.76. The van der Waals surface area contributed by atoms with Crippen molar-refractivity contribution in [1.29, 1.82) is 0 Å². The number of sulfonamides is 1. The number of nitrogens with zero attached hydrogens (tertiary/aromatic N) is 2. The van der Waals surface area contributed by atoms with E-state index in [1.807, 2.05) is 13.8 Å². The van der Waals surface area contributed by atoms with Crippen molar-refractivity contribution in [2.75, 3.05) is 32.7 Å². The lowest BCUT2D eigenvalue weighted by atomic mass is 10.3. The molecule has 0 aliphatic carbocycles. The third-order valence-corrected chi connectivity index (χ3v) is 6.02. The third kappa shape index (κ3) is 4.49. The standard InChI is InChI=1S/C14H22Cl2N2O3S/c1-4-17(5-2)7-8-18(6-3)22(20,21)13-10-11(15)9-12(16)14(13)19/h9-10,19H,4-8H2,1-3H3. The molecule has 1 rings (SSSR count). The van der Waals surface area contributed by atoms with Gasteiger partial charge in [0.1, 0.15) is 4.90 Å². The Morgan fingerprint density at radius 1 is 1.05 bits per heavy atom. The lowest BCUT2D eigenvalue weighted by Gasteiger charge is -2.25. The predicted octanol–water partition coefficient (Wildman–Crippen LogP) is 3.05. The minimum atomic E-state index is -3.85. The lowest BCUT2D eigenvalue weighted by Crippen LogP contribution is -2.38. The van der Waals surface area contributed by atoms with E-state index in [0.717, 1.165) is 13.1 Å². The van der Waals surface area contributed by atoms with Gasteiger partial charge in [-0.2, -0.15) is 4.31 Å². The highest BCUT2D eigenvalue weighted by molar-refractivity contribution is 7.89. The van der Waals surface area contributed by atoms with Gasteiger partial charge in [0.05, 0.1) is 5.02 Å². The first-order chi connectivity index (χ1) is 10.3. The summed E-state index contributed by atoms with van der Waals surface area (Å²) < 4.78 is 26.7. The monoisotopic (exact) mass is 368 g/mol. The summed E-state index contributed by atoms with van der Waals surface area (Å²) in [5, 5.41) is 10.1. The smallest absolute Gasteiger partial charge is 0.246 e. The maximum atomic E-state index is 12.7. The van der Waals surface area contributed by atoms with Crippen molar-refractivity contribution in [3.63, 3.8) is 0 Å². The van der Waals surface area contributed by atoms with Crippen LogP contribution in [-0.2, 0) is 10.0 Å². The Kier molecular flexibility index (Phi) is 7.41. The SMILES string of the molecule is CCN(CC)CCN(CC)S(=O)(=O)c1cc(Cl)cc(Cl)c1O. The molecule has 0 aliphatic heterocycles. The van der Waals surface area contributed by atoms with E-state index in [-0.39, 0.29) is 14.9 Å². The Labute approximate surface area is 142 Å². The summed E-state index contributed by atoms with van der Waals surface area (Å²) in [7, 11) is -3.85. The molecule has 0 spiro atoms. The van der Waals surface area contributed by atoms with Crippen LogP contribution in [0.15, 0.2) is 17.0 Å². The average molecular weight is 369 g/mol. The van der Waals surface area contributed by atoms with E-state index >= 15 is 0 Å². The number of hydrogen-bond donors (Lipinski definition) is 1. The van der Waals surface area contributed by atoms with Crippen LogP contribution in [-0.4, -0.2) is 55.5 Å². The van der Waals surface area contributed by atoms with Crippen molar-refractivity contribution in [1.82, 2.24) is 9.21 Å². The molecule has 0 fully saturated rings. The molecule has 1 aromatic rings. The molecule has 0 unspecified atom stereocenters. The van der Waals surface area contributed by atoms with E-state index < -0.39 is 15.8 Å². The highest BCUT2D eigenvalue weighted by Crippen LogP contribution is 2.35. The van der Waals surface area contributed by atoms with Crippen LogP contribution in [0, 0.1) is 0 Å². The molecule has 0 bridgehead atoms. The minimum Gasteiger partial charge on any atom is -0.505 e. The normalized spacial score (nSPS) is 12.3. The quantitative estimate of drug-likeness (QED) is 0.765. The number of benzene rings is 1. The molecule has 0 atom stereocenters. The predicted molar refractivity (Wildman–Crippen MR) is 90.3 cm³/mol. The Balaban J connectivity index is 3.10. The summed E-state index contributed by atoms with van der Waals surface area (Å²) in [5.41, 5.74) is 0. The molecule has 0 saturated carbocycles. The van der Waals surface area contributed by atoms with E-state index in [2.05, 4.69) is 4.90 Å². The largest absolute Gasteiger partial charge is 0.505 e. The number of aromatic hydroxyl groups is 1. The molecule has 0 aliphatic rings. The second kappa shape index (κ2) is 8.36. The zero-order valence-corrected chi connectivity index (χ0v) is 15.3. The lowest BCUT2D eigenvalue weighted by molar-refractivity contribution is 0.273. The Morgan fingerprint density at radius 3 is 2.14 bits per heavy atom. The molecule has 0 heterocycles. The first-order valence-corrected chi connectivity index (χ1v) is 9.37. The van der Waals surface area contributed by atoms with Gasteiger partial charge in [-0.1, -0.05) is 44.0 Å². The molecule has 126 valence electrons. The van der Waals surface area contributed by atoms with Gasteiger partial charge in [0.2, 0.25) is 10.0 Å². The molecule has 0 saturated heterocycles. The zero-order chi connectivity index (χ0) is 16.9. The number of phenols is 1. The van der Waals surface area contributed by atoms with Crippen LogP contribution in [0.5, 0.6) is 5.75 Å². The molecule has 1 N–H and O–H groups in total. The fraction of sp³-hybridized carbons (Fsp3) is 0.571. The van der Waals surface area contributed by atoms with E-state index in [9.17, 15) is 13.5 Å². The van der Waals surface area contributed by atoms with Crippen molar-refractivity contribution < 1.29 is 13.5 Å². The Hall–Kier alpha value is -0.530. The number of rotatable bonds is 8. The molecule has 5 nitrogen and oxygen atoms in total. The van der Waals surface area contributed by atoms with E-state index in [4.69, 9.17) is 23.2 Å². The fourth-order valence-corrected chi connectivity index (χ4v) is 4.30. The van der Waals surface area contributed by atoms with Crippen LogP contribution in [0.4, 0.5) is 0 Å². The highest BCUT2D eigenvalue weighted by atomic mass is 35.5. The number of hydrogen-bond acceptors (Lipinski definition) is 4. The van der Waals surface area contributed by atoms with E-state index in [0.29, 0.717) is 19.6 Å². The van der Waals surface area contributed by atoms with Gasteiger partial charge < -0.3 is 10.0 Å². The second-order valence-corrected chi connectivity index (χ2v) is 7.51. The molecule has 0 amide bonds. The maximum absolute atomic E-state index is 12.7. The molecule has 22 heavy (non-hydrogen) atoms. The van der Waals surface area contributed by atoms with Crippen LogP contribution < -0.4 is 0 Å². The number of phenolic OH excluding ortho intramolecular Hbond substituents is 1. The van der Waals surface area contributed by atoms with Gasteiger partial charge in [-0.15, -0.1) is 0 Å². The molecular formula is C14H22Cl2N2O3S. The molecule has 0 aromatic heterocycles. The first kappa shape index (κ1) is 19.5. The van der Waals surface area contributed by atoms with Crippen molar-refractivity contribution in [3.05, 3.63) is 22.2 Å². The molecular weight excluding hydrogens is 347 g/mol. The topological polar surface area (TPSA) is 60.9 Å². The number of halogens is 2. The summed E-state index contributed by atoms with van der Waals surface area (Å²) in [5.74, 6) is -0.465. The summed E-state index contributed by atoms with van der Waals surface area (Å²) in [4.78, 5) is 1.87. The maximum Gasteiger partial charge on any atom is 0.246 e. The summed E-state index contributed by atoms with van der Waals surface area (Å²) >= 11 is 11.7. The van der Waals surface area contributed by atoms with Gasteiger partial charge >= 0.3 is 0 Å². The van der Waals surface area contributed by atoms with Gasteiger partial charge in [0, 0.05) is 24.7 Å². The van der Waals surface area contributed by atoms with Crippen LogP contribution in [0.1, 0.15) is 20.8 Å². The molecule has 1 aromatic carbocycles. The number of likely N-dealkylation sites (N-methyl/N-ethyl adjacent to an activating group) is 2. The Bertz CT molecular complexity index is 604. The molecule has 8 heteroatoms. The van der Waals surface area contributed by atoms with E-state index in [1.54, 1.807) is 6.92 Å². The van der Waals surface area contributed by atoms with Gasteiger partial charge in [0.15, 0.2) is 5.75 Å². The van der Waals surface area contributed by atoms with Crippen LogP contribution in [0.3, 0.4) is 0 Å². The van der Waals surface area contributed by atoms with E-state index in [1.165, 1.54) is 16.4 Å². The van der Waals surface area contributed by atoms with Gasteiger partial charge in [-0.25, -0.2) is 8.42 Å². The Morgan fingerprint density at radius 2 is 1.64 bits per heavy atom. The molecule has 0 radical (unpaired) electrons. The average Bonchev–Trinajstić information content (AvgIpc) is 2.47. The van der Waals surface area contributed by atoms with Gasteiger partial charge in [0.25, 0.3) is 0 Å². The fourth-order valence-electron chi connectivity index (χ4n) is 2.12. The summed E-state index contributed by atoms with van der Waals surface area (Å²) in [6, 6.07) is 2.53. The van der Waals surface area contributed by atoms with Gasteiger partial charge in [-0.3, -0.25) is 0 Å². The first-order valence-electron chi connectivity index (χ1n) is 7.18. The van der Waals surface area contributed by atoms with Crippen molar-refractivity contribution >= 4 is 33.2 Å².